The Labute approximate surface area is 203 Å². The third-order valence-electron chi connectivity index (χ3n) is 5.78. The lowest BCUT2D eigenvalue weighted by atomic mass is 9.87. The highest BCUT2D eigenvalue weighted by molar-refractivity contribution is 6.05. The van der Waals surface area contributed by atoms with Crippen LogP contribution >= 0.6 is 0 Å². The smallest absolute Gasteiger partial charge is 0.250 e. The average molecular weight is 460 g/mol. The standard InChI is InChI=1S/C29H37N3O2/c1-6-14-32(15-7-2)28(34)24-16-23-13-12-22(17-25(23)31-27(30)18-24)20-8-10-21(11-9-20)26(33)19-29(3,4)5/h8-13,16-17H,6-7,14-15,18-19H2,1-5H3,(H2,30,31). The largest absolute Gasteiger partial charge is 0.387 e. The van der Waals surface area contributed by atoms with E-state index in [1.165, 1.54) is 0 Å². The van der Waals surface area contributed by atoms with Crippen LogP contribution in [0.4, 0.5) is 5.69 Å². The van der Waals surface area contributed by atoms with Gasteiger partial charge in [0, 0.05) is 42.6 Å². The van der Waals surface area contributed by atoms with Gasteiger partial charge in [-0.2, -0.15) is 0 Å². The summed E-state index contributed by atoms with van der Waals surface area (Å²) in [6.07, 6.45) is 4.63. The zero-order chi connectivity index (χ0) is 24.9. The number of amidine groups is 1. The van der Waals surface area contributed by atoms with Crippen LogP contribution in [0, 0.1) is 5.41 Å². The summed E-state index contributed by atoms with van der Waals surface area (Å²) in [5.41, 5.74) is 11.2. The number of ketones is 1. The minimum absolute atomic E-state index is 0.0364. The summed E-state index contributed by atoms with van der Waals surface area (Å²) in [5.74, 6) is 0.627. The number of carbonyl (C=O) groups excluding carboxylic acids is 2. The molecule has 5 nitrogen and oxygen atoms in total. The highest BCUT2D eigenvalue weighted by Gasteiger charge is 2.21. The van der Waals surface area contributed by atoms with Crippen LogP contribution < -0.4 is 5.73 Å². The molecule has 2 aromatic rings. The van der Waals surface area contributed by atoms with E-state index in [2.05, 4.69) is 39.6 Å². The Balaban J connectivity index is 1.88. The van der Waals surface area contributed by atoms with E-state index in [1.54, 1.807) is 0 Å². The van der Waals surface area contributed by atoms with Gasteiger partial charge in [0.25, 0.3) is 0 Å². The Kier molecular flexibility index (Phi) is 8.08. The van der Waals surface area contributed by atoms with Gasteiger partial charge in [-0.1, -0.05) is 71.0 Å². The number of rotatable bonds is 8. The van der Waals surface area contributed by atoms with E-state index in [9.17, 15) is 9.59 Å². The van der Waals surface area contributed by atoms with Crippen molar-refractivity contribution in [3.8, 4) is 11.1 Å². The molecule has 0 saturated heterocycles. The van der Waals surface area contributed by atoms with Gasteiger partial charge in [0.2, 0.25) is 5.91 Å². The normalized spacial score (nSPS) is 13.4. The van der Waals surface area contributed by atoms with Crippen LogP contribution in [0.5, 0.6) is 0 Å². The molecule has 0 saturated carbocycles. The molecule has 2 aromatic carbocycles. The molecule has 0 bridgehead atoms. The summed E-state index contributed by atoms with van der Waals surface area (Å²) in [6.45, 7) is 11.8. The highest BCUT2D eigenvalue weighted by atomic mass is 16.2. The van der Waals surface area contributed by atoms with Crippen molar-refractivity contribution in [2.45, 2.75) is 60.3 Å². The fourth-order valence-corrected chi connectivity index (χ4v) is 4.20. The Morgan fingerprint density at radius 1 is 0.971 bits per heavy atom. The summed E-state index contributed by atoms with van der Waals surface area (Å²) in [5, 5.41) is 0. The van der Waals surface area contributed by atoms with Gasteiger partial charge >= 0.3 is 0 Å². The second kappa shape index (κ2) is 10.8. The fourth-order valence-electron chi connectivity index (χ4n) is 4.20. The summed E-state index contributed by atoms with van der Waals surface area (Å²) in [7, 11) is 0. The molecule has 0 unspecified atom stereocenters. The van der Waals surface area contributed by atoms with Crippen molar-refractivity contribution < 1.29 is 9.59 Å². The first-order valence-corrected chi connectivity index (χ1v) is 12.2. The quantitative estimate of drug-likeness (QED) is 0.464. The number of aliphatic imine (C=N–C) groups is 1. The molecule has 0 aliphatic carbocycles. The predicted molar refractivity (Wildman–Crippen MR) is 141 cm³/mol. The van der Waals surface area contributed by atoms with Crippen LogP contribution in [0.2, 0.25) is 0 Å². The lowest BCUT2D eigenvalue weighted by Gasteiger charge is -2.22. The molecule has 1 heterocycles. The number of nitrogens with two attached hydrogens (primary N) is 1. The minimum atomic E-state index is -0.0391. The van der Waals surface area contributed by atoms with Crippen molar-refractivity contribution in [1.82, 2.24) is 4.90 Å². The van der Waals surface area contributed by atoms with Crippen molar-refractivity contribution >= 4 is 29.3 Å². The van der Waals surface area contributed by atoms with Crippen LogP contribution in [0.15, 0.2) is 53.0 Å². The van der Waals surface area contributed by atoms with Crippen LogP contribution in [0.3, 0.4) is 0 Å². The lowest BCUT2D eigenvalue weighted by molar-refractivity contribution is -0.127. The van der Waals surface area contributed by atoms with Gasteiger partial charge in [-0.05, 0) is 41.5 Å². The number of amides is 1. The van der Waals surface area contributed by atoms with E-state index in [4.69, 9.17) is 5.73 Å². The van der Waals surface area contributed by atoms with Crippen LogP contribution in [0.1, 0.15) is 76.2 Å². The first kappa shape index (κ1) is 25.4. The summed E-state index contributed by atoms with van der Waals surface area (Å²) in [4.78, 5) is 32.2. The maximum absolute atomic E-state index is 13.2. The van der Waals surface area contributed by atoms with E-state index < -0.39 is 0 Å². The number of nitrogens with zero attached hydrogens (tertiary/aromatic N) is 2. The predicted octanol–water partition coefficient (Wildman–Crippen LogP) is 6.40. The number of fused-ring (bicyclic) bond motifs is 1. The Morgan fingerprint density at radius 2 is 1.59 bits per heavy atom. The first-order valence-electron chi connectivity index (χ1n) is 12.2. The Bertz CT molecular complexity index is 1100. The second-order valence-electron chi connectivity index (χ2n) is 10.3. The van der Waals surface area contributed by atoms with Gasteiger partial charge in [0.1, 0.15) is 5.84 Å². The number of carbonyl (C=O) groups is 2. The van der Waals surface area contributed by atoms with Gasteiger partial charge in [-0.25, -0.2) is 4.99 Å². The van der Waals surface area contributed by atoms with Crippen molar-refractivity contribution in [1.29, 1.82) is 0 Å². The van der Waals surface area contributed by atoms with Crippen molar-refractivity contribution in [3.63, 3.8) is 0 Å². The third-order valence-corrected chi connectivity index (χ3v) is 5.78. The Morgan fingerprint density at radius 3 is 2.18 bits per heavy atom. The molecule has 34 heavy (non-hydrogen) atoms. The Hall–Kier alpha value is -3.21. The molecule has 180 valence electrons. The average Bonchev–Trinajstić information content (AvgIpc) is 2.94. The van der Waals surface area contributed by atoms with Crippen molar-refractivity contribution in [2.75, 3.05) is 13.1 Å². The van der Waals surface area contributed by atoms with Crippen LogP contribution in [-0.2, 0) is 4.79 Å². The van der Waals surface area contributed by atoms with Gasteiger partial charge in [-0.15, -0.1) is 0 Å². The number of hydrogen-bond acceptors (Lipinski definition) is 4. The monoisotopic (exact) mass is 459 g/mol. The molecule has 0 spiro atoms. The molecule has 0 aromatic heterocycles. The third kappa shape index (κ3) is 6.43. The molecule has 5 heteroatoms. The van der Waals surface area contributed by atoms with Gasteiger partial charge in [-0.3, -0.25) is 9.59 Å². The van der Waals surface area contributed by atoms with Gasteiger partial charge < -0.3 is 10.6 Å². The molecule has 1 aliphatic heterocycles. The highest BCUT2D eigenvalue weighted by Crippen LogP contribution is 2.32. The topological polar surface area (TPSA) is 75.8 Å². The SMILES string of the molecule is CCCN(CCC)C(=O)C1=Cc2ccc(-c3ccc(C(=O)CC(C)(C)C)cc3)cc2N=C(N)C1. The molecular weight excluding hydrogens is 422 g/mol. The van der Waals surface area contributed by atoms with E-state index >= 15 is 0 Å². The van der Waals surface area contributed by atoms with Crippen LogP contribution in [0.25, 0.3) is 17.2 Å². The minimum Gasteiger partial charge on any atom is -0.387 e. The molecule has 3 rings (SSSR count). The maximum Gasteiger partial charge on any atom is 0.250 e. The molecule has 1 aliphatic rings. The molecule has 2 N–H and O–H groups in total. The van der Waals surface area contributed by atoms with E-state index in [1.807, 2.05) is 53.4 Å². The lowest BCUT2D eigenvalue weighted by Crippen LogP contribution is -2.34. The zero-order valence-electron chi connectivity index (χ0n) is 21.1. The number of benzene rings is 2. The number of hydrogen-bond donors (Lipinski definition) is 1. The molecule has 0 fully saturated rings. The molecule has 1 amide bonds. The van der Waals surface area contributed by atoms with Crippen LogP contribution in [-0.4, -0.2) is 35.5 Å². The summed E-state index contributed by atoms with van der Waals surface area (Å²) in [6, 6.07) is 13.7. The number of Topliss-reactive ketones (excluding diaryl/α,β-unsaturated/α-hetero) is 1. The fraction of sp³-hybridized carbons (Fsp3) is 0.414. The zero-order valence-corrected chi connectivity index (χ0v) is 21.1. The van der Waals surface area contributed by atoms with Crippen molar-refractivity contribution in [3.05, 3.63) is 59.2 Å². The first-order chi connectivity index (χ1) is 16.1. The molecule has 0 atom stereocenters. The summed E-state index contributed by atoms with van der Waals surface area (Å²) >= 11 is 0. The van der Waals surface area contributed by atoms with E-state index in [0.29, 0.717) is 24.3 Å². The molecular formula is C29H37N3O2. The maximum atomic E-state index is 13.2. The van der Waals surface area contributed by atoms with Gasteiger partial charge in [0.15, 0.2) is 5.78 Å². The van der Waals surface area contributed by atoms with Gasteiger partial charge in [0.05, 0.1) is 5.69 Å². The van der Waals surface area contributed by atoms with E-state index in [0.717, 1.165) is 53.9 Å². The molecule has 0 radical (unpaired) electrons. The van der Waals surface area contributed by atoms with Crippen molar-refractivity contribution in [2.24, 2.45) is 16.1 Å². The second-order valence-corrected chi connectivity index (χ2v) is 10.3. The summed E-state index contributed by atoms with van der Waals surface area (Å²) < 4.78 is 0. The van der Waals surface area contributed by atoms with E-state index in [-0.39, 0.29) is 17.1 Å².